The van der Waals surface area contributed by atoms with Gasteiger partial charge < -0.3 is 9.47 Å². The van der Waals surface area contributed by atoms with Crippen LogP contribution in [-0.2, 0) is 30.3 Å². The number of imide groups is 1. The summed E-state index contributed by atoms with van der Waals surface area (Å²) in [5.74, 6) is -1.59. The van der Waals surface area contributed by atoms with Gasteiger partial charge in [-0.05, 0) is 30.5 Å². The van der Waals surface area contributed by atoms with Crippen LogP contribution in [-0.4, -0.2) is 48.0 Å². The van der Waals surface area contributed by atoms with Crippen LogP contribution in [0.15, 0.2) is 60.7 Å². The fraction of sp³-hybridized carbons (Fsp3) is 0.385. The van der Waals surface area contributed by atoms with Crippen LogP contribution < -0.4 is 5.32 Å². The van der Waals surface area contributed by atoms with Crippen molar-refractivity contribution >= 4 is 29.6 Å². The molecule has 2 aromatic rings. The highest BCUT2D eigenvalue weighted by Crippen LogP contribution is 2.38. The minimum Gasteiger partial charge on any atom is -0.457 e. The van der Waals surface area contributed by atoms with Crippen LogP contribution in [0.5, 0.6) is 0 Å². The lowest BCUT2D eigenvalue weighted by Gasteiger charge is -2.23. The summed E-state index contributed by atoms with van der Waals surface area (Å²) in [4.78, 5) is 51.8. The van der Waals surface area contributed by atoms with Gasteiger partial charge in [-0.1, -0.05) is 61.4 Å². The number of ether oxygens (including phenoxy) is 2. The van der Waals surface area contributed by atoms with Crippen LogP contribution in [0.1, 0.15) is 31.2 Å². The summed E-state index contributed by atoms with van der Waals surface area (Å²) in [6, 6.07) is 17.9. The number of fused-ring (bicyclic) bond motifs is 1. The maximum atomic E-state index is 12.9. The lowest BCUT2D eigenvalue weighted by molar-refractivity contribution is -0.155. The Labute approximate surface area is 198 Å². The van der Waals surface area contributed by atoms with Crippen molar-refractivity contribution in [3.63, 3.8) is 0 Å². The number of carbonyl (C=O) groups is 4. The Morgan fingerprint density at radius 3 is 2.12 bits per heavy atom. The molecule has 1 saturated carbocycles. The molecule has 0 aromatic heterocycles. The molecular formula is C26H28N2O6. The first kappa shape index (κ1) is 23.5. The molecule has 1 N–H and O–H groups in total. The number of esters is 1. The molecule has 2 aliphatic rings. The molecule has 8 heteroatoms. The Bertz CT molecular complexity index is 1000. The highest BCUT2D eigenvalue weighted by Gasteiger charge is 2.48. The van der Waals surface area contributed by atoms with Gasteiger partial charge in [-0.25, -0.2) is 4.79 Å². The summed E-state index contributed by atoms with van der Waals surface area (Å²) in [5.41, 5.74) is 1.33. The van der Waals surface area contributed by atoms with Crippen molar-refractivity contribution in [2.75, 3.05) is 18.5 Å². The summed E-state index contributed by atoms with van der Waals surface area (Å²) in [7, 11) is 0. The predicted octanol–water partition coefficient (Wildman–Crippen LogP) is 3.56. The Morgan fingerprint density at radius 2 is 1.50 bits per heavy atom. The third kappa shape index (κ3) is 5.81. The van der Waals surface area contributed by atoms with Crippen molar-refractivity contribution in [2.45, 2.75) is 38.2 Å². The van der Waals surface area contributed by atoms with Gasteiger partial charge in [0.2, 0.25) is 11.8 Å². The second-order valence-electron chi connectivity index (χ2n) is 8.65. The van der Waals surface area contributed by atoms with Crippen molar-refractivity contribution < 1.29 is 28.7 Å². The molecule has 1 aliphatic heterocycles. The summed E-state index contributed by atoms with van der Waals surface area (Å²) in [6.07, 6.45) is 1.58. The molecule has 2 aromatic carbocycles. The fourth-order valence-corrected chi connectivity index (χ4v) is 4.57. The molecule has 0 bridgehead atoms. The molecule has 3 atom stereocenters. The molecule has 1 aliphatic carbocycles. The first-order chi connectivity index (χ1) is 16.5. The second kappa shape index (κ2) is 11.0. The van der Waals surface area contributed by atoms with Crippen LogP contribution >= 0.6 is 0 Å². The molecule has 34 heavy (non-hydrogen) atoms. The third-order valence-corrected chi connectivity index (χ3v) is 6.23. The standard InChI is InChI=1S/C26H28N2O6/c29-23(15-18-9-3-1-4-10-18)34-20(17-33-26(32)27-19-11-5-2-6-12-19)16-28-24(30)21-13-7-8-14-22(21)25(28)31/h1-6,9-12,20-22H,7-8,13-17H2,(H,27,32). The number of anilines is 1. The molecule has 8 nitrogen and oxygen atoms in total. The van der Waals surface area contributed by atoms with Crippen molar-refractivity contribution in [1.82, 2.24) is 4.90 Å². The van der Waals surface area contributed by atoms with Crippen molar-refractivity contribution in [3.8, 4) is 0 Å². The van der Waals surface area contributed by atoms with Gasteiger partial charge in [0, 0.05) is 5.69 Å². The van der Waals surface area contributed by atoms with Gasteiger partial charge in [-0.15, -0.1) is 0 Å². The van der Waals surface area contributed by atoms with Gasteiger partial charge >= 0.3 is 12.1 Å². The fourth-order valence-electron chi connectivity index (χ4n) is 4.57. The quantitative estimate of drug-likeness (QED) is 0.473. The average Bonchev–Trinajstić information content (AvgIpc) is 3.09. The highest BCUT2D eigenvalue weighted by molar-refractivity contribution is 6.05. The number of para-hydroxylation sites is 1. The predicted molar refractivity (Wildman–Crippen MR) is 124 cm³/mol. The van der Waals surface area contributed by atoms with Crippen LogP contribution in [0.2, 0.25) is 0 Å². The topological polar surface area (TPSA) is 102 Å². The van der Waals surface area contributed by atoms with E-state index in [1.807, 2.05) is 24.3 Å². The van der Waals surface area contributed by atoms with Crippen molar-refractivity contribution in [3.05, 3.63) is 66.2 Å². The van der Waals surface area contributed by atoms with E-state index in [2.05, 4.69) is 5.32 Å². The van der Waals surface area contributed by atoms with Crippen molar-refractivity contribution in [1.29, 1.82) is 0 Å². The van der Waals surface area contributed by atoms with Gasteiger partial charge in [0.1, 0.15) is 6.61 Å². The monoisotopic (exact) mass is 464 g/mol. The second-order valence-corrected chi connectivity index (χ2v) is 8.65. The first-order valence-corrected chi connectivity index (χ1v) is 11.6. The van der Waals surface area contributed by atoms with E-state index in [4.69, 9.17) is 9.47 Å². The normalized spacial score (nSPS) is 20.4. The zero-order valence-electron chi connectivity index (χ0n) is 18.9. The Balaban J connectivity index is 1.41. The minimum atomic E-state index is -0.967. The molecule has 4 rings (SSSR count). The Kier molecular flexibility index (Phi) is 7.57. The molecule has 0 spiro atoms. The van der Waals surface area contributed by atoms with E-state index in [1.165, 1.54) is 4.90 Å². The average molecular weight is 465 g/mol. The number of carbonyl (C=O) groups excluding carboxylic acids is 4. The van der Waals surface area contributed by atoms with E-state index >= 15 is 0 Å². The number of benzene rings is 2. The van der Waals surface area contributed by atoms with E-state index in [0.717, 1.165) is 18.4 Å². The van der Waals surface area contributed by atoms with E-state index < -0.39 is 18.2 Å². The zero-order valence-corrected chi connectivity index (χ0v) is 18.9. The van der Waals surface area contributed by atoms with Gasteiger partial charge in [0.15, 0.2) is 6.10 Å². The number of nitrogens with zero attached hydrogens (tertiary/aromatic N) is 1. The zero-order chi connectivity index (χ0) is 23.9. The minimum absolute atomic E-state index is 0.0285. The van der Waals surface area contributed by atoms with Crippen LogP contribution in [0, 0.1) is 11.8 Å². The molecule has 0 radical (unpaired) electrons. The number of rotatable bonds is 8. The largest absolute Gasteiger partial charge is 0.457 e. The number of hydrogen-bond donors (Lipinski definition) is 1. The van der Waals surface area contributed by atoms with Gasteiger partial charge in [-0.2, -0.15) is 0 Å². The maximum absolute atomic E-state index is 12.9. The molecular weight excluding hydrogens is 436 g/mol. The molecule has 3 unspecified atom stereocenters. The number of hydrogen-bond acceptors (Lipinski definition) is 6. The van der Waals surface area contributed by atoms with E-state index in [-0.39, 0.29) is 43.2 Å². The molecule has 178 valence electrons. The summed E-state index contributed by atoms with van der Waals surface area (Å²) in [6.45, 7) is -0.421. The third-order valence-electron chi connectivity index (χ3n) is 6.23. The first-order valence-electron chi connectivity index (χ1n) is 11.6. The number of nitrogens with one attached hydrogen (secondary N) is 1. The lowest BCUT2D eigenvalue weighted by atomic mass is 9.81. The Morgan fingerprint density at radius 1 is 0.912 bits per heavy atom. The van der Waals surface area contributed by atoms with Crippen LogP contribution in [0.25, 0.3) is 0 Å². The van der Waals surface area contributed by atoms with E-state index in [0.29, 0.717) is 18.5 Å². The molecule has 3 amide bonds. The maximum Gasteiger partial charge on any atom is 0.411 e. The van der Waals surface area contributed by atoms with Gasteiger partial charge in [-0.3, -0.25) is 24.6 Å². The molecule has 1 heterocycles. The smallest absolute Gasteiger partial charge is 0.411 e. The Hall–Kier alpha value is -3.68. The number of likely N-dealkylation sites (tertiary alicyclic amines) is 1. The molecule has 2 fully saturated rings. The lowest BCUT2D eigenvalue weighted by Crippen LogP contribution is -2.42. The summed E-state index contributed by atoms with van der Waals surface area (Å²) < 4.78 is 10.9. The summed E-state index contributed by atoms with van der Waals surface area (Å²) in [5, 5.41) is 2.59. The summed E-state index contributed by atoms with van der Waals surface area (Å²) >= 11 is 0. The van der Waals surface area contributed by atoms with Crippen molar-refractivity contribution in [2.24, 2.45) is 11.8 Å². The highest BCUT2D eigenvalue weighted by atomic mass is 16.6. The molecule has 1 saturated heterocycles. The van der Waals surface area contributed by atoms with E-state index in [1.54, 1.807) is 36.4 Å². The van der Waals surface area contributed by atoms with Crippen LogP contribution in [0.4, 0.5) is 10.5 Å². The van der Waals surface area contributed by atoms with Gasteiger partial charge in [0.25, 0.3) is 0 Å². The van der Waals surface area contributed by atoms with E-state index in [9.17, 15) is 19.2 Å². The number of amides is 3. The van der Waals surface area contributed by atoms with Crippen LogP contribution in [0.3, 0.4) is 0 Å². The SMILES string of the molecule is O=C(Cc1ccccc1)OC(COC(=O)Nc1ccccc1)CN1C(=O)C2CCCCC2C1=O. The van der Waals surface area contributed by atoms with Gasteiger partial charge in [0.05, 0.1) is 24.8 Å².